The minimum atomic E-state index is -0.0716. The Morgan fingerprint density at radius 1 is 1.43 bits per heavy atom. The van der Waals surface area contributed by atoms with Crippen molar-refractivity contribution < 1.29 is 9.28 Å². The van der Waals surface area contributed by atoms with Gasteiger partial charge in [-0.05, 0) is 19.4 Å². The second-order valence-electron chi connectivity index (χ2n) is 4.27. The largest absolute Gasteiger partial charge is 0.323 e. The Bertz CT molecular complexity index is 249. The topological polar surface area (TPSA) is 41.5 Å². The van der Waals surface area contributed by atoms with Crippen LogP contribution >= 0.6 is 0 Å². The number of nitrogens with one attached hydrogen (secondary N) is 1. The molecular weight excluding hydrogens is 178 g/mol. The third-order valence-corrected chi connectivity index (χ3v) is 1.53. The van der Waals surface area contributed by atoms with Crippen LogP contribution in [0.3, 0.4) is 0 Å². The fraction of sp³-hybridized carbons (Fsp3) is 0.600. The van der Waals surface area contributed by atoms with Gasteiger partial charge in [0.2, 0.25) is 0 Å². The predicted octanol–water partition coefficient (Wildman–Crippen LogP) is 0.761. The summed E-state index contributed by atoms with van der Waals surface area (Å²) in [6.45, 7) is 4.27. The summed E-state index contributed by atoms with van der Waals surface area (Å²) in [6, 6.07) is 0. The zero-order chi connectivity index (χ0) is 11.2. The Morgan fingerprint density at radius 3 is 2.43 bits per heavy atom. The molecule has 4 heteroatoms. The maximum atomic E-state index is 11.3. The highest BCUT2D eigenvalue weighted by Gasteiger charge is 2.12. The van der Waals surface area contributed by atoms with Gasteiger partial charge in [0.15, 0.2) is 6.54 Å². The molecule has 0 rings (SSSR count). The molecule has 0 atom stereocenters. The fourth-order valence-corrected chi connectivity index (χ4v) is 0.747. The Labute approximate surface area is 85.9 Å². The van der Waals surface area contributed by atoms with E-state index in [1.165, 1.54) is 0 Å². The van der Waals surface area contributed by atoms with Gasteiger partial charge in [0.25, 0.3) is 5.91 Å². The highest BCUT2D eigenvalue weighted by molar-refractivity contribution is 5.81. The van der Waals surface area contributed by atoms with Gasteiger partial charge < -0.3 is 4.48 Å². The minimum Gasteiger partial charge on any atom is -0.323 e. The molecule has 0 fully saturated rings. The Balaban J connectivity index is 3.92. The van der Waals surface area contributed by atoms with E-state index in [1.807, 2.05) is 41.1 Å². The maximum absolute atomic E-state index is 11.3. The quantitative estimate of drug-likeness (QED) is 0.404. The first-order chi connectivity index (χ1) is 6.35. The van der Waals surface area contributed by atoms with Crippen molar-refractivity contribution in [3.8, 4) is 0 Å². The van der Waals surface area contributed by atoms with Gasteiger partial charge in [-0.1, -0.05) is 6.08 Å². The van der Waals surface area contributed by atoms with Gasteiger partial charge in [0, 0.05) is 6.21 Å². The van der Waals surface area contributed by atoms with Crippen molar-refractivity contribution in [3.05, 3.63) is 11.6 Å². The number of allylic oxidation sites excluding steroid dienone is 2. The van der Waals surface area contributed by atoms with E-state index in [0.717, 1.165) is 5.57 Å². The highest BCUT2D eigenvalue weighted by atomic mass is 16.2. The lowest BCUT2D eigenvalue weighted by atomic mass is 10.3. The summed E-state index contributed by atoms with van der Waals surface area (Å²) < 4.78 is 0.601. The first kappa shape index (κ1) is 12.8. The number of carbonyl (C=O) groups is 1. The lowest BCUT2D eigenvalue weighted by Crippen LogP contribution is -2.43. The SMILES string of the molecule is C/C=C(C)/C=N/NC(=O)C[N+](C)(C)C. The molecule has 0 heterocycles. The van der Waals surface area contributed by atoms with Crippen LogP contribution in [0.25, 0.3) is 0 Å². The van der Waals surface area contributed by atoms with Gasteiger partial charge in [-0.25, -0.2) is 5.43 Å². The van der Waals surface area contributed by atoms with E-state index >= 15 is 0 Å². The van der Waals surface area contributed by atoms with Crippen LogP contribution in [-0.2, 0) is 4.79 Å². The number of rotatable bonds is 4. The summed E-state index contributed by atoms with van der Waals surface area (Å²) in [5.74, 6) is -0.0716. The zero-order valence-corrected chi connectivity index (χ0v) is 9.66. The average molecular weight is 198 g/mol. The normalized spacial score (nSPS) is 13.4. The smallest absolute Gasteiger partial charge is 0.295 e. The van der Waals surface area contributed by atoms with Crippen molar-refractivity contribution in [2.45, 2.75) is 13.8 Å². The van der Waals surface area contributed by atoms with Gasteiger partial charge in [-0.15, -0.1) is 0 Å². The van der Waals surface area contributed by atoms with E-state index in [1.54, 1.807) is 6.21 Å². The number of quaternary nitrogens is 1. The molecule has 0 radical (unpaired) electrons. The number of hydrazone groups is 1. The summed E-state index contributed by atoms with van der Waals surface area (Å²) in [5.41, 5.74) is 3.50. The monoisotopic (exact) mass is 198 g/mol. The van der Waals surface area contributed by atoms with E-state index in [4.69, 9.17) is 0 Å². The third-order valence-electron chi connectivity index (χ3n) is 1.53. The maximum Gasteiger partial charge on any atom is 0.295 e. The molecular formula is C10H20N3O+. The third kappa shape index (κ3) is 7.49. The molecule has 0 aliphatic heterocycles. The number of hydrogen-bond donors (Lipinski definition) is 1. The van der Waals surface area contributed by atoms with Crippen molar-refractivity contribution >= 4 is 12.1 Å². The fourth-order valence-electron chi connectivity index (χ4n) is 0.747. The number of nitrogens with zero attached hydrogens (tertiary/aromatic N) is 2. The summed E-state index contributed by atoms with van der Waals surface area (Å²) in [4.78, 5) is 11.3. The Kier molecular flexibility index (Phi) is 5.09. The lowest BCUT2D eigenvalue weighted by Gasteiger charge is -2.21. The summed E-state index contributed by atoms with van der Waals surface area (Å²) >= 11 is 0. The molecule has 0 saturated heterocycles. The Hall–Kier alpha value is -1.16. The van der Waals surface area contributed by atoms with Crippen LogP contribution in [0.1, 0.15) is 13.8 Å². The van der Waals surface area contributed by atoms with Crippen LogP contribution in [0, 0.1) is 0 Å². The molecule has 14 heavy (non-hydrogen) atoms. The van der Waals surface area contributed by atoms with Crippen molar-refractivity contribution in [1.82, 2.24) is 5.43 Å². The molecule has 0 aliphatic carbocycles. The number of amides is 1. The van der Waals surface area contributed by atoms with E-state index in [0.29, 0.717) is 11.0 Å². The molecule has 0 bridgehead atoms. The van der Waals surface area contributed by atoms with Gasteiger partial charge in [0.1, 0.15) is 0 Å². The first-order valence-electron chi connectivity index (χ1n) is 4.60. The Morgan fingerprint density at radius 2 is 2.00 bits per heavy atom. The molecule has 1 amide bonds. The molecule has 0 unspecified atom stereocenters. The van der Waals surface area contributed by atoms with Crippen LogP contribution in [0.15, 0.2) is 16.8 Å². The van der Waals surface area contributed by atoms with Crippen molar-refractivity contribution in [3.63, 3.8) is 0 Å². The number of hydrogen-bond acceptors (Lipinski definition) is 2. The standard InChI is InChI=1S/C10H19N3O/c1-6-9(2)7-11-12-10(14)8-13(3,4)5/h6-7H,8H2,1-5H3/p+1/b9-6+,11-7+. The van der Waals surface area contributed by atoms with Crippen LogP contribution in [-0.4, -0.2) is 44.3 Å². The molecule has 0 aromatic carbocycles. The molecule has 0 saturated carbocycles. The summed E-state index contributed by atoms with van der Waals surface area (Å²) in [6.07, 6.45) is 3.56. The van der Waals surface area contributed by atoms with Gasteiger partial charge in [0.05, 0.1) is 21.1 Å². The second-order valence-corrected chi connectivity index (χ2v) is 4.27. The molecule has 1 N–H and O–H groups in total. The van der Waals surface area contributed by atoms with E-state index < -0.39 is 0 Å². The van der Waals surface area contributed by atoms with E-state index in [-0.39, 0.29) is 5.91 Å². The minimum absolute atomic E-state index is 0.0716. The number of likely N-dealkylation sites (N-methyl/N-ethyl adjacent to an activating group) is 1. The van der Waals surface area contributed by atoms with Crippen molar-refractivity contribution in [1.29, 1.82) is 0 Å². The van der Waals surface area contributed by atoms with Crippen LogP contribution in [0.5, 0.6) is 0 Å². The van der Waals surface area contributed by atoms with Gasteiger partial charge in [-0.2, -0.15) is 5.10 Å². The van der Waals surface area contributed by atoms with Gasteiger partial charge >= 0.3 is 0 Å². The highest BCUT2D eigenvalue weighted by Crippen LogP contribution is 1.88. The second kappa shape index (κ2) is 5.54. The average Bonchev–Trinajstić information content (AvgIpc) is 2.00. The van der Waals surface area contributed by atoms with Gasteiger partial charge in [-0.3, -0.25) is 4.79 Å². The molecule has 0 aromatic rings. The van der Waals surface area contributed by atoms with Crippen molar-refractivity contribution in [2.24, 2.45) is 5.10 Å². The zero-order valence-electron chi connectivity index (χ0n) is 9.66. The van der Waals surface area contributed by atoms with E-state index in [2.05, 4.69) is 10.5 Å². The molecule has 0 aromatic heterocycles. The van der Waals surface area contributed by atoms with Crippen LogP contribution in [0.2, 0.25) is 0 Å². The first-order valence-corrected chi connectivity index (χ1v) is 4.60. The van der Waals surface area contributed by atoms with Crippen LogP contribution in [0.4, 0.5) is 0 Å². The van der Waals surface area contributed by atoms with E-state index in [9.17, 15) is 4.79 Å². The van der Waals surface area contributed by atoms with Crippen LogP contribution < -0.4 is 5.43 Å². The van der Waals surface area contributed by atoms with Crippen molar-refractivity contribution in [2.75, 3.05) is 27.7 Å². The lowest BCUT2D eigenvalue weighted by molar-refractivity contribution is -0.862. The number of carbonyl (C=O) groups excluding carboxylic acids is 1. The predicted molar refractivity (Wildman–Crippen MR) is 59.0 cm³/mol. The molecule has 0 aliphatic rings. The summed E-state index contributed by atoms with van der Waals surface area (Å²) in [5, 5.41) is 3.82. The molecule has 4 nitrogen and oxygen atoms in total. The summed E-state index contributed by atoms with van der Waals surface area (Å²) in [7, 11) is 5.88. The molecule has 80 valence electrons. The molecule has 0 spiro atoms.